The van der Waals surface area contributed by atoms with Gasteiger partial charge in [0.15, 0.2) is 0 Å². The summed E-state index contributed by atoms with van der Waals surface area (Å²) in [5, 5.41) is 4.29. The first-order valence-corrected chi connectivity index (χ1v) is 8.87. The summed E-state index contributed by atoms with van der Waals surface area (Å²) in [5.41, 5.74) is 2.33. The van der Waals surface area contributed by atoms with E-state index in [1.165, 1.54) is 5.56 Å². The Hall–Kier alpha value is -0.0300. The van der Waals surface area contributed by atoms with E-state index >= 15 is 0 Å². The summed E-state index contributed by atoms with van der Waals surface area (Å²) in [6.07, 6.45) is 0.937. The second-order valence-electron chi connectivity index (χ2n) is 4.62. The highest BCUT2D eigenvalue weighted by molar-refractivity contribution is 9.11. The van der Waals surface area contributed by atoms with Crippen LogP contribution in [0.25, 0.3) is 0 Å². The van der Waals surface area contributed by atoms with Crippen molar-refractivity contribution in [2.24, 2.45) is 0 Å². The average molecular weight is 482 g/mol. The molecule has 2 aromatic carbocycles. The molecule has 1 atom stereocenters. The lowest BCUT2D eigenvalue weighted by molar-refractivity contribution is 0.789. The molecule has 0 radical (unpaired) electrons. The van der Waals surface area contributed by atoms with Crippen molar-refractivity contribution < 1.29 is 0 Å². The van der Waals surface area contributed by atoms with Crippen molar-refractivity contribution in [3.63, 3.8) is 0 Å². The van der Waals surface area contributed by atoms with Crippen molar-refractivity contribution in [3.05, 3.63) is 60.4 Å². The Bertz CT molecular complexity index is 576. The number of benzene rings is 2. The molecule has 0 aromatic heterocycles. The third-order valence-electron chi connectivity index (χ3n) is 2.85. The van der Waals surface area contributed by atoms with Crippen LogP contribution in [-0.4, -0.2) is 6.04 Å². The third-order valence-corrected chi connectivity index (χ3v) is 4.81. The standard InChI is InChI=1S/C15H13Br3ClN/c1-9(6-10-2-4-12(19)5-3-10)20-15-13(17)7-11(16)8-14(15)18/h2-5,7-9,20H,6H2,1H3. The molecule has 106 valence electrons. The van der Waals surface area contributed by atoms with Gasteiger partial charge in [-0.15, -0.1) is 0 Å². The fourth-order valence-electron chi connectivity index (χ4n) is 1.95. The van der Waals surface area contributed by atoms with Crippen molar-refractivity contribution >= 4 is 65.1 Å². The van der Waals surface area contributed by atoms with Gasteiger partial charge in [0.05, 0.1) is 5.69 Å². The molecule has 0 aliphatic rings. The summed E-state index contributed by atoms with van der Waals surface area (Å²) >= 11 is 16.5. The maximum Gasteiger partial charge on any atom is 0.0631 e. The highest BCUT2D eigenvalue weighted by Crippen LogP contribution is 2.35. The van der Waals surface area contributed by atoms with E-state index in [-0.39, 0.29) is 0 Å². The van der Waals surface area contributed by atoms with Crippen LogP contribution in [0.15, 0.2) is 49.8 Å². The Kier molecular flexibility index (Phi) is 5.96. The second kappa shape index (κ2) is 7.30. The minimum absolute atomic E-state index is 0.310. The second-order valence-corrected chi connectivity index (χ2v) is 7.68. The first kappa shape index (κ1) is 16.3. The third kappa shape index (κ3) is 4.48. The molecule has 0 fully saturated rings. The Morgan fingerprint density at radius 3 is 2.15 bits per heavy atom. The number of rotatable bonds is 4. The average Bonchev–Trinajstić information content (AvgIpc) is 2.36. The van der Waals surface area contributed by atoms with E-state index in [1.807, 2.05) is 24.3 Å². The summed E-state index contributed by atoms with van der Waals surface area (Å²) in [6, 6.07) is 12.3. The number of nitrogens with one attached hydrogen (secondary N) is 1. The Balaban J connectivity index is 2.08. The van der Waals surface area contributed by atoms with Crippen LogP contribution in [0.3, 0.4) is 0 Å². The lowest BCUT2D eigenvalue weighted by Crippen LogP contribution is -2.18. The summed E-state index contributed by atoms with van der Waals surface area (Å²) in [5.74, 6) is 0. The molecule has 1 N–H and O–H groups in total. The smallest absolute Gasteiger partial charge is 0.0631 e. The lowest BCUT2D eigenvalue weighted by Gasteiger charge is -2.18. The van der Waals surface area contributed by atoms with Crippen LogP contribution in [-0.2, 0) is 6.42 Å². The number of halogens is 4. The van der Waals surface area contributed by atoms with Gasteiger partial charge in [0.2, 0.25) is 0 Å². The van der Waals surface area contributed by atoms with E-state index in [1.54, 1.807) is 0 Å². The van der Waals surface area contributed by atoms with Crippen molar-refractivity contribution in [3.8, 4) is 0 Å². The molecule has 0 aliphatic heterocycles. The van der Waals surface area contributed by atoms with Gasteiger partial charge in [0.1, 0.15) is 0 Å². The summed E-state index contributed by atoms with van der Waals surface area (Å²) < 4.78 is 3.09. The SMILES string of the molecule is CC(Cc1ccc(Cl)cc1)Nc1c(Br)cc(Br)cc1Br. The van der Waals surface area contributed by atoms with Gasteiger partial charge in [-0.2, -0.15) is 0 Å². The van der Waals surface area contributed by atoms with Gasteiger partial charge in [0.25, 0.3) is 0 Å². The minimum Gasteiger partial charge on any atom is -0.380 e. The van der Waals surface area contributed by atoms with Crippen molar-refractivity contribution in [2.45, 2.75) is 19.4 Å². The number of hydrogen-bond donors (Lipinski definition) is 1. The van der Waals surface area contributed by atoms with Gasteiger partial charge in [-0.1, -0.05) is 39.7 Å². The molecular weight excluding hydrogens is 469 g/mol. The Morgan fingerprint density at radius 2 is 1.60 bits per heavy atom. The fourth-order valence-corrected chi connectivity index (χ4v) is 4.57. The van der Waals surface area contributed by atoms with Gasteiger partial charge in [-0.25, -0.2) is 0 Å². The summed E-state index contributed by atoms with van der Waals surface area (Å²) in [7, 11) is 0. The fraction of sp³-hybridized carbons (Fsp3) is 0.200. The van der Waals surface area contributed by atoms with Gasteiger partial charge in [-0.3, -0.25) is 0 Å². The van der Waals surface area contributed by atoms with Crippen LogP contribution in [0.5, 0.6) is 0 Å². The molecule has 0 heterocycles. The molecule has 20 heavy (non-hydrogen) atoms. The summed E-state index contributed by atoms with van der Waals surface area (Å²) in [6.45, 7) is 2.16. The maximum absolute atomic E-state index is 5.90. The normalized spacial score (nSPS) is 12.2. The number of hydrogen-bond acceptors (Lipinski definition) is 1. The van der Waals surface area contributed by atoms with Crippen LogP contribution in [0.2, 0.25) is 5.02 Å². The van der Waals surface area contributed by atoms with Crippen molar-refractivity contribution in [1.29, 1.82) is 0 Å². The lowest BCUT2D eigenvalue weighted by atomic mass is 10.1. The summed E-state index contributed by atoms with van der Waals surface area (Å²) in [4.78, 5) is 0. The molecule has 1 unspecified atom stereocenters. The van der Waals surface area contributed by atoms with Gasteiger partial charge in [0, 0.05) is 24.5 Å². The van der Waals surface area contributed by atoms with Gasteiger partial charge in [-0.05, 0) is 75.0 Å². The molecule has 0 bridgehead atoms. The van der Waals surface area contributed by atoms with E-state index in [0.29, 0.717) is 6.04 Å². The quantitative estimate of drug-likeness (QED) is 0.513. The van der Waals surface area contributed by atoms with Crippen molar-refractivity contribution in [1.82, 2.24) is 0 Å². The van der Waals surface area contributed by atoms with E-state index in [4.69, 9.17) is 11.6 Å². The zero-order valence-electron chi connectivity index (χ0n) is 10.8. The monoisotopic (exact) mass is 479 g/mol. The first-order valence-electron chi connectivity index (χ1n) is 6.11. The first-order chi connectivity index (χ1) is 9.45. The molecule has 5 heteroatoms. The molecule has 2 aromatic rings. The molecule has 2 rings (SSSR count). The topological polar surface area (TPSA) is 12.0 Å². The van der Waals surface area contributed by atoms with Crippen LogP contribution < -0.4 is 5.32 Å². The predicted octanol–water partition coefficient (Wildman–Crippen LogP) is 6.67. The number of anilines is 1. The highest BCUT2D eigenvalue weighted by Gasteiger charge is 2.10. The highest BCUT2D eigenvalue weighted by atomic mass is 79.9. The molecule has 0 saturated heterocycles. The van der Waals surface area contributed by atoms with E-state index in [2.05, 4.69) is 72.2 Å². The minimum atomic E-state index is 0.310. The van der Waals surface area contributed by atoms with E-state index in [0.717, 1.165) is 30.5 Å². The van der Waals surface area contributed by atoms with Crippen LogP contribution in [0, 0.1) is 0 Å². The molecular formula is C15H13Br3ClN. The molecule has 0 amide bonds. The largest absolute Gasteiger partial charge is 0.380 e. The molecule has 0 aliphatic carbocycles. The molecule has 0 saturated carbocycles. The van der Waals surface area contributed by atoms with Gasteiger partial charge < -0.3 is 5.32 Å². The maximum atomic E-state index is 5.90. The van der Waals surface area contributed by atoms with E-state index in [9.17, 15) is 0 Å². The van der Waals surface area contributed by atoms with Crippen LogP contribution >= 0.6 is 59.4 Å². The van der Waals surface area contributed by atoms with Crippen LogP contribution in [0.1, 0.15) is 12.5 Å². The Labute approximate surface area is 149 Å². The Morgan fingerprint density at radius 1 is 1.05 bits per heavy atom. The van der Waals surface area contributed by atoms with Crippen LogP contribution in [0.4, 0.5) is 5.69 Å². The zero-order chi connectivity index (χ0) is 14.7. The zero-order valence-corrected chi connectivity index (χ0v) is 16.3. The van der Waals surface area contributed by atoms with E-state index < -0.39 is 0 Å². The van der Waals surface area contributed by atoms with Crippen molar-refractivity contribution in [2.75, 3.05) is 5.32 Å². The molecule has 1 nitrogen and oxygen atoms in total. The van der Waals surface area contributed by atoms with Gasteiger partial charge >= 0.3 is 0 Å². The predicted molar refractivity (Wildman–Crippen MR) is 97.8 cm³/mol. The molecule has 0 spiro atoms.